The van der Waals surface area contributed by atoms with Crippen molar-refractivity contribution in [1.29, 1.82) is 0 Å². The van der Waals surface area contributed by atoms with Gasteiger partial charge in [0.05, 0.1) is 17.6 Å². The molecule has 0 spiro atoms. The molecule has 1 saturated heterocycles. The molecule has 0 aliphatic carbocycles. The van der Waals surface area contributed by atoms with Crippen molar-refractivity contribution in [2.75, 3.05) is 11.5 Å². The van der Waals surface area contributed by atoms with E-state index in [1.807, 2.05) is 32.0 Å². The number of sulfone groups is 1. The molecule has 1 aromatic carbocycles. The normalized spacial score (nSPS) is 24.1. The van der Waals surface area contributed by atoms with Crippen molar-refractivity contribution < 1.29 is 13.5 Å². The van der Waals surface area contributed by atoms with Crippen LogP contribution in [0.2, 0.25) is 0 Å². The van der Waals surface area contributed by atoms with Crippen molar-refractivity contribution in [3.63, 3.8) is 0 Å². The molecule has 0 radical (unpaired) electrons. The molecule has 1 aromatic rings. The summed E-state index contributed by atoms with van der Waals surface area (Å²) >= 11 is 0. The maximum Gasteiger partial charge on any atom is 0.150 e. The molecular weight excluding hydrogens is 248 g/mol. The van der Waals surface area contributed by atoms with Gasteiger partial charge in [0.2, 0.25) is 0 Å². The Morgan fingerprint density at radius 2 is 1.94 bits per heavy atom. The van der Waals surface area contributed by atoms with Crippen LogP contribution in [0.5, 0.6) is 0 Å². The lowest BCUT2D eigenvalue weighted by Gasteiger charge is -2.19. The Balaban J connectivity index is 2.10. The van der Waals surface area contributed by atoms with E-state index in [-0.39, 0.29) is 17.4 Å². The van der Waals surface area contributed by atoms with Gasteiger partial charge in [0.1, 0.15) is 0 Å². The van der Waals surface area contributed by atoms with Crippen LogP contribution >= 0.6 is 0 Å². The minimum absolute atomic E-state index is 0.103. The summed E-state index contributed by atoms with van der Waals surface area (Å²) in [6.07, 6.45) is 0.592. The van der Waals surface area contributed by atoms with E-state index in [0.29, 0.717) is 12.8 Å². The predicted octanol–water partition coefficient (Wildman–Crippen LogP) is 1.64. The molecule has 4 heteroatoms. The van der Waals surface area contributed by atoms with Crippen LogP contribution in [0.15, 0.2) is 18.2 Å². The highest BCUT2D eigenvalue weighted by Crippen LogP contribution is 2.25. The van der Waals surface area contributed by atoms with Crippen molar-refractivity contribution in [2.45, 2.75) is 32.8 Å². The molecule has 0 saturated carbocycles. The quantitative estimate of drug-likeness (QED) is 0.906. The minimum Gasteiger partial charge on any atom is -0.392 e. The second-order valence-electron chi connectivity index (χ2n) is 5.30. The smallest absolute Gasteiger partial charge is 0.150 e. The van der Waals surface area contributed by atoms with Crippen molar-refractivity contribution in [3.05, 3.63) is 34.9 Å². The SMILES string of the molecule is Cc1cccc(C)c1CC(O)C1CCS(=O)(=O)C1. The number of hydrogen-bond acceptors (Lipinski definition) is 3. The second kappa shape index (κ2) is 5.02. The number of aryl methyl sites for hydroxylation is 2. The van der Waals surface area contributed by atoms with Gasteiger partial charge in [-0.2, -0.15) is 0 Å². The lowest BCUT2D eigenvalue weighted by Crippen LogP contribution is -2.24. The van der Waals surface area contributed by atoms with Gasteiger partial charge in [0, 0.05) is 5.92 Å². The summed E-state index contributed by atoms with van der Waals surface area (Å²) in [6.45, 7) is 4.06. The van der Waals surface area contributed by atoms with Gasteiger partial charge in [-0.05, 0) is 43.4 Å². The van der Waals surface area contributed by atoms with Gasteiger partial charge in [-0.3, -0.25) is 0 Å². The van der Waals surface area contributed by atoms with Crippen LogP contribution in [0.3, 0.4) is 0 Å². The van der Waals surface area contributed by atoms with Gasteiger partial charge >= 0.3 is 0 Å². The molecule has 2 rings (SSSR count). The molecule has 1 aliphatic rings. The zero-order valence-electron chi connectivity index (χ0n) is 10.9. The first-order chi connectivity index (χ1) is 8.39. The summed E-state index contributed by atoms with van der Waals surface area (Å²) in [7, 11) is -2.91. The Morgan fingerprint density at radius 3 is 2.44 bits per heavy atom. The molecule has 1 heterocycles. The van der Waals surface area contributed by atoms with Crippen LogP contribution in [-0.4, -0.2) is 31.1 Å². The van der Waals surface area contributed by atoms with E-state index in [9.17, 15) is 13.5 Å². The molecular formula is C14H20O3S. The van der Waals surface area contributed by atoms with Crippen LogP contribution < -0.4 is 0 Å². The van der Waals surface area contributed by atoms with Gasteiger partial charge in [-0.1, -0.05) is 18.2 Å². The molecule has 2 atom stereocenters. The minimum atomic E-state index is -2.91. The van der Waals surface area contributed by atoms with Crippen molar-refractivity contribution in [3.8, 4) is 0 Å². The van der Waals surface area contributed by atoms with Crippen molar-refractivity contribution in [1.82, 2.24) is 0 Å². The average Bonchev–Trinajstić information content (AvgIpc) is 2.64. The first-order valence-corrected chi connectivity index (χ1v) is 8.15. The Labute approximate surface area is 109 Å². The van der Waals surface area contributed by atoms with Crippen LogP contribution in [0.1, 0.15) is 23.1 Å². The van der Waals surface area contributed by atoms with Gasteiger partial charge in [0.15, 0.2) is 9.84 Å². The molecule has 1 N–H and O–H groups in total. The third-order valence-electron chi connectivity index (χ3n) is 3.87. The van der Waals surface area contributed by atoms with Crippen molar-refractivity contribution >= 4 is 9.84 Å². The second-order valence-corrected chi connectivity index (χ2v) is 7.53. The van der Waals surface area contributed by atoms with E-state index in [1.54, 1.807) is 0 Å². The highest BCUT2D eigenvalue weighted by Gasteiger charge is 2.33. The fourth-order valence-electron chi connectivity index (χ4n) is 2.67. The van der Waals surface area contributed by atoms with Gasteiger partial charge < -0.3 is 5.11 Å². The number of rotatable bonds is 3. The molecule has 3 nitrogen and oxygen atoms in total. The molecule has 100 valence electrons. The van der Waals surface area contributed by atoms with E-state index in [2.05, 4.69) is 0 Å². The summed E-state index contributed by atoms with van der Waals surface area (Å²) in [4.78, 5) is 0. The molecule has 0 aromatic heterocycles. The fourth-order valence-corrected chi connectivity index (χ4v) is 4.54. The highest BCUT2D eigenvalue weighted by molar-refractivity contribution is 7.91. The Kier molecular flexibility index (Phi) is 3.78. The zero-order valence-corrected chi connectivity index (χ0v) is 11.7. The zero-order chi connectivity index (χ0) is 13.3. The van der Waals surface area contributed by atoms with E-state index in [1.165, 1.54) is 0 Å². The highest BCUT2D eigenvalue weighted by atomic mass is 32.2. The van der Waals surface area contributed by atoms with E-state index >= 15 is 0 Å². The Morgan fingerprint density at radius 1 is 1.33 bits per heavy atom. The van der Waals surface area contributed by atoms with Crippen LogP contribution in [0.25, 0.3) is 0 Å². The van der Waals surface area contributed by atoms with Crippen molar-refractivity contribution in [2.24, 2.45) is 5.92 Å². The number of aliphatic hydroxyl groups excluding tert-OH is 1. The number of benzene rings is 1. The fraction of sp³-hybridized carbons (Fsp3) is 0.571. The third-order valence-corrected chi connectivity index (χ3v) is 5.66. The number of hydrogen-bond donors (Lipinski definition) is 1. The average molecular weight is 268 g/mol. The Hall–Kier alpha value is -0.870. The first kappa shape index (κ1) is 13.6. The maximum absolute atomic E-state index is 11.4. The van der Waals surface area contributed by atoms with E-state index < -0.39 is 15.9 Å². The van der Waals surface area contributed by atoms with Gasteiger partial charge in [-0.25, -0.2) is 8.42 Å². The maximum atomic E-state index is 11.4. The van der Waals surface area contributed by atoms with Crippen LogP contribution in [0, 0.1) is 19.8 Å². The molecule has 1 fully saturated rings. The molecule has 2 unspecified atom stereocenters. The van der Waals surface area contributed by atoms with E-state index in [4.69, 9.17) is 0 Å². The van der Waals surface area contributed by atoms with Crippen LogP contribution in [-0.2, 0) is 16.3 Å². The monoisotopic (exact) mass is 268 g/mol. The topological polar surface area (TPSA) is 54.4 Å². The molecule has 1 aliphatic heterocycles. The summed E-state index contributed by atoms with van der Waals surface area (Å²) in [5.41, 5.74) is 3.47. The van der Waals surface area contributed by atoms with Crippen LogP contribution in [0.4, 0.5) is 0 Å². The number of aliphatic hydroxyl groups is 1. The summed E-state index contributed by atoms with van der Waals surface area (Å²) in [5.74, 6) is 0.259. The standard InChI is InChI=1S/C14H20O3S/c1-10-4-3-5-11(2)13(10)8-14(15)12-6-7-18(16,17)9-12/h3-5,12,14-15H,6-9H2,1-2H3. The van der Waals surface area contributed by atoms with Gasteiger partial charge in [-0.15, -0.1) is 0 Å². The lowest BCUT2D eigenvalue weighted by atomic mass is 9.91. The third kappa shape index (κ3) is 2.93. The molecule has 0 bridgehead atoms. The largest absolute Gasteiger partial charge is 0.392 e. The van der Waals surface area contributed by atoms with Gasteiger partial charge in [0.25, 0.3) is 0 Å². The summed E-state index contributed by atoms with van der Waals surface area (Å²) < 4.78 is 22.8. The molecule has 18 heavy (non-hydrogen) atoms. The lowest BCUT2D eigenvalue weighted by molar-refractivity contribution is 0.120. The molecule has 0 amide bonds. The van der Waals surface area contributed by atoms with E-state index in [0.717, 1.165) is 16.7 Å². The Bertz CT molecular complexity index is 514. The summed E-state index contributed by atoms with van der Waals surface area (Å²) in [6, 6.07) is 6.06. The summed E-state index contributed by atoms with van der Waals surface area (Å²) in [5, 5.41) is 10.2. The first-order valence-electron chi connectivity index (χ1n) is 6.32. The predicted molar refractivity (Wildman–Crippen MR) is 72.4 cm³/mol.